The largest absolute Gasteiger partial charge is 0.322 e. The molecule has 0 aliphatic carbocycles. The van der Waals surface area contributed by atoms with Gasteiger partial charge in [-0.05, 0) is 23.8 Å². The third kappa shape index (κ3) is 6.13. The lowest BCUT2D eigenvalue weighted by Crippen LogP contribution is -3.28. The molecule has 0 aromatic heterocycles. The van der Waals surface area contributed by atoms with E-state index in [2.05, 4.69) is 16.6 Å². The minimum atomic E-state index is -0.296. The smallest absolute Gasteiger partial charge is 0.295 e. The van der Waals surface area contributed by atoms with E-state index >= 15 is 0 Å². The van der Waals surface area contributed by atoms with Gasteiger partial charge < -0.3 is 9.80 Å². The van der Waals surface area contributed by atoms with Gasteiger partial charge in [0.15, 0.2) is 6.54 Å². The van der Waals surface area contributed by atoms with E-state index in [1.807, 2.05) is 18.2 Å². The van der Waals surface area contributed by atoms with E-state index in [4.69, 9.17) is 11.6 Å². The SMILES string of the molecule is O=C(C[NH+]1CC[NH+](Cc2ccccc2Cl)CC1)N/N=C\c1ccc(F)cc1. The van der Waals surface area contributed by atoms with Crippen molar-refractivity contribution in [1.29, 1.82) is 0 Å². The zero-order valence-corrected chi connectivity index (χ0v) is 15.8. The monoisotopic (exact) mass is 390 g/mol. The van der Waals surface area contributed by atoms with Crippen LogP contribution in [0.4, 0.5) is 4.39 Å². The van der Waals surface area contributed by atoms with Gasteiger partial charge in [0.1, 0.15) is 38.5 Å². The molecular weight excluding hydrogens is 367 g/mol. The van der Waals surface area contributed by atoms with Crippen LogP contribution in [0.1, 0.15) is 11.1 Å². The van der Waals surface area contributed by atoms with Crippen LogP contribution in [0.2, 0.25) is 5.02 Å². The number of carbonyl (C=O) groups excluding carboxylic acids is 1. The summed E-state index contributed by atoms with van der Waals surface area (Å²) < 4.78 is 12.8. The summed E-state index contributed by atoms with van der Waals surface area (Å²) in [4.78, 5) is 14.8. The summed E-state index contributed by atoms with van der Waals surface area (Å²) in [6.45, 7) is 5.21. The highest BCUT2D eigenvalue weighted by Crippen LogP contribution is 2.13. The maximum absolute atomic E-state index is 12.8. The Bertz CT molecular complexity index is 789. The van der Waals surface area contributed by atoms with Crippen LogP contribution in [0, 0.1) is 5.82 Å². The fraction of sp³-hybridized carbons (Fsp3) is 0.300. The molecule has 1 aliphatic rings. The molecule has 1 saturated heterocycles. The number of hydrogen-bond acceptors (Lipinski definition) is 2. The fourth-order valence-electron chi connectivity index (χ4n) is 3.22. The average Bonchev–Trinajstić information content (AvgIpc) is 2.67. The number of nitrogens with zero attached hydrogens (tertiary/aromatic N) is 1. The molecule has 3 rings (SSSR count). The molecule has 0 spiro atoms. The summed E-state index contributed by atoms with van der Waals surface area (Å²) in [5, 5.41) is 4.75. The maximum atomic E-state index is 12.8. The molecule has 2 aromatic carbocycles. The molecule has 27 heavy (non-hydrogen) atoms. The topological polar surface area (TPSA) is 50.3 Å². The van der Waals surface area contributed by atoms with Gasteiger partial charge in [-0.3, -0.25) is 4.79 Å². The fourth-order valence-corrected chi connectivity index (χ4v) is 3.42. The lowest BCUT2D eigenvalue weighted by molar-refractivity contribution is -1.02. The van der Waals surface area contributed by atoms with Crippen molar-refractivity contribution < 1.29 is 19.0 Å². The highest BCUT2D eigenvalue weighted by atomic mass is 35.5. The van der Waals surface area contributed by atoms with Gasteiger partial charge in [-0.2, -0.15) is 5.10 Å². The Morgan fingerprint density at radius 2 is 1.74 bits per heavy atom. The summed E-state index contributed by atoms with van der Waals surface area (Å²) in [6.07, 6.45) is 1.51. The summed E-state index contributed by atoms with van der Waals surface area (Å²) in [7, 11) is 0. The van der Waals surface area contributed by atoms with Crippen molar-refractivity contribution in [3.05, 3.63) is 70.5 Å². The first-order valence-corrected chi connectivity index (χ1v) is 9.46. The van der Waals surface area contributed by atoms with E-state index < -0.39 is 0 Å². The Balaban J connectivity index is 1.39. The number of benzene rings is 2. The minimum absolute atomic E-state index is 0.113. The second-order valence-electron chi connectivity index (χ2n) is 6.79. The number of halogens is 2. The van der Waals surface area contributed by atoms with Crippen LogP contribution in [0.3, 0.4) is 0 Å². The molecule has 3 N–H and O–H groups in total. The van der Waals surface area contributed by atoms with E-state index in [9.17, 15) is 9.18 Å². The molecule has 5 nitrogen and oxygen atoms in total. The first-order valence-electron chi connectivity index (χ1n) is 9.08. The van der Waals surface area contributed by atoms with Crippen LogP contribution in [-0.4, -0.2) is 44.8 Å². The van der Waals surface area contributed by atoms with Gasteiger partial charge in [-0.15, -0.1) is 0 Å². The standard InChI is InChI=1S/C20H22ClFN4O/c21-19-4-2-1-3-17(19)14-25-9-11-26(12-10-25)15-20(27)24-23-13-16-5-7-18(22)8-6-16/h1-8,13H,9-12,14-15H2,(H,24,27)/p+2/b23-13-. The van der Waals surface area contributed by atoms with Gasteiger partial charge in [-0.1, -0.05) is 41.9 Å². The summed E-state index contributed by atoms with van der Waals surface area (Å²) >= 11 is 6.24. The molecule has 0 atom stereocenters. The first kappa shape index (κ1) is 19.5. The van der Waals surface area contributed by atoms with E-state index in [-0.39, 0.29) is 11.7 Å². The second-order valence-corrected chi connectivity index (χ2v) is 7.20. The molecule has 142 valence electrons. The number of amides is 1. The van der Waals surface area contributed by atoms with Gasteiger partial charge in [0, 0.05) is 10.6 Å². The van der Waals surface area contributed by atoms with Crippen molar-refractivity contribution in [3.8, 4) is 0 Å². The Labute approximate surface area is 163 Å². The predicted octanol–water partition coefficient (Wildman–Crippen LogP) is -0.0872. The second kappa shape index (κ2) is 9.60. The number of carbonyl (C=O) groups is 1. The molecular formula is C20H24ClFN4O+2. The first-order chi connectivity index (χ1) is 13.1. The Morgan fingerprint density at radius 1 is 1.07 bits per heavy atom. The lowest BCUT2D eigenvalue weighted by Gasteiger charge is -2.29. The van der Waals surface area contributed by atoms with Crippen molar-refractivity contribution in [3.63, 3.8) is 0 Å². The van der Waals surface area contributed by atoms with E-state index in [0.29, 0.717) is 6.54 Å². The molecule has 2 aromatic rings. The Kier molecular flexibility index (Phi) is 6.92. The van der Waals surface area contributed by atoms with E-state index in [0.717, 1.165) is 43.3 Å². The van der Waals surface area contributed by atoms with Gasteiger partial charge in [0.05, 0.1) is 6.21 Å². The van der Waals surface area contributed by atoms with E-state index in [1.165, 1.54) is 33.7 Å². The summed E-state index contributed by atoms with van der Waals surface area (Å²) in [5.41, 5.74) is 4.45. The lowest BCUT2D eigenvalue weighted by atomic mass is 10.2. The highest BCUT2D eigenvalue weighted by molar-refractivity contribution is 6.31. The van der Waals surface area contributed by atoms with Crippen molar-refractivity contribution >= 4 is 23.7 Å². The maximum Gasteiger partial charge on any atom is 0.295 e. The molecule has 0 radical (unpaired) electrons. The van der Waals surface area contributed by atoms with Gasteiger partial charge in [0.25, 0.3) is 5.91 Å². The van der Waals surface area contributed by atoms with Crippen LogP contribution < -0.4 is 15.2 Å². The van der Waals surface area contributed by atoms with Crippen molar-refractivity contribution in [2.75, 3.05) is 32.7 Å². The third-order valence-corrected chi connectivity index (χ3v) is 5.11. The Morgan fingerprint density at radius 3 is 2.44 bits per heavy atom. The van der Waals surface area contributed by atoms with Crippen molar-refractivity contribution in [2.45, 2.75) is 6.54 Å². The molecule has 7 heteroatoms. The molecule has 0 unspecified atom stereocenters. The molecule has 1 aliphatic heterocycles. The van der Waals surface area contributed by atoms with Crippen LogP contribution in [0.25, 0.3) is 0 Å². The quantitative estimate of drug-likeness (QED) is 0.469. The third-order valence-electron chi connectivity index (χ3n) is 4.75. The van der Waals surface area contributed by atoms with Crippen LogP contribution in [0.15, 0.2) is 53.6 Å². The highest BCUT2D eigenvalue weighted by Gasteiger charge is 2.25. The van der Waals surface area contributed by atoms with Gasteiger partial charge in [0.2, 0.25) is 0 Å². The van der Waals surface area contributed by atoms with Crippen LogP contribution >= 0.6 is 11.6 Å². The minimum Gasteiger partial charge on any atom is -0.322 e. The number of hydrogen-bond donors (Lipinski definition) is 3. The molecule has 1 heterocycles. The number of hydrazone groups is 1. The van der Waals surface area contributed by atoms with E-state index in [1.54, 1.807) is 12.1 Å². The van der Waals surface area contributed by atoms with Crippen molar-refractivity contribution in [1.82, 2.24) is 5.43 Å². The zero-order chi connectivity index (χ0) is 19.1. The summed E-state index contributed by atoms with van der Waals surface area (Å²) in [6, 6.07) is 13.9. The predicted molar refractivity (Wildman–Crippen MR) is 104 cm³/mol. The normalized spacial score (nSPS) is 19.9. The number of piperazine rings is 1. The average molecular weight is 391 g/mol. The zero-order valence-electron chi connectivity index (χ0n) is 15.1. The summed E-state index contributed by atoms with van der Waals surface area (Å²) in [5.74, 6) is -0.409. The Hall–Kier alpha value is -2.28. The number of rotatable bonds is 6. The number of quaternary nitrogens is 2. The molecule has 1 fully saturated rings. The number of nitrogens with one attached hydrogen (secondary N) is 3. The van der Waals surface area contributed by atoms with Crippen molar-refractivity contribution in [2.24, 2.45) is 5.10 Å². The molecule has 0 bridgehead atoms. The molecule has 0 saturated carbocycles. The van der Waals surface area contributed by atoms with Crippen LogP contribution in [-0.2, 0) is 11.3 Å². The van der Waals surface area contributed by atoms with Gasteiger partial charge >= 0.3 is 0 Å². The molecule has 1 amide bonds. The van der Waals surface area contributed by atoms with Gasteiger partial charge in [-0.25, -0.2) is 9.82 Å². The van der Waals surface area contributed by atoms with Crippen LogP contribution in [0.5, 0.6) is 0 Å².